The summed E-state index contributed by atoms with van der Waals surface area (Å²) in [5, 5.41) is 22.7. The second-order valence-corrected chi connectivity index (χ2v) is 15.3. The van der Waals surface area contributed by atoms with Crippen LogP contribution < -0.4 is 20.1 Å². The highest BCUT2D eigenvalue weighted by atomic mass is 35.5. The van der Waals surface area contributed by atoms with Crippen LogP contribution in [0, 0.1) is 0 Å². The quantitative estimate of drug-likeness (QED) is 0.0808. The van der Waals surface area contributed by atoms with Gasteiger partial charge >= 0.3 is 18.3 Å². The molecule has 0 radical (unpaired) electrons. The van der Waals surface area contributed by atoms with Gasteiger partial charge in [-0.2, -0.15) is 0 Å². The van der Waals surface area contributed by atoms with Crippen LogP contribution in [0.5, 0.6) is 11.5 Å². The highest BCUT2D eigenvalue weighted by molar-refractivity contribution is 8.00. The van der Waals surface area contributed by atoms with Crippen LogP contribution in [0.3, 0.4) is 0 Å². The molecule has 2 amide bonds. The van der Waals surface area contributed by atoms with Crippen LogP contribution in [-0.4, -0.2) is 82.0 Å². The number of anilines is 2. The predicted molar refractivity (Wildman–Crippen MR) is 199 cm³/mol. The summed E-state index contributed by atoms with van der Waals surface area (Å²) < 4.78 is 46.0. The molecule has 0 saturated carbocycles. The molecule has 0 bridgehead atoms. The lowest BCUT2D eigenvalue weighted by molar-refractivity contribution is -0.274. The maximum absolute atomic E-state index is 12.6. The molecule has 2 aromatic heterocycles. The predicted octanol–water partition coefficient (Wildman–Crippen LogP) is 7.68. The number of ketones is 2. The standard InChI is InChI=1S/C16H11ClF3NO5S2.C16H14ClNO5S2/c17-11-5-10(15(28-11)21-12(22)6-27-7-13(23)24)14(25)8-1-3-9(4-2-8)26-16(18,19)20;1-23-10-4-2-9(3-5-10)15(22)11-6-12(17)25-16(11)18-13(19)7-24-8-14(20)21/h1-5H,6-7H2,(H,21,22)(H,23,24);2-6H,7-8H2,1H3,(H,18,19)(H,20,21). The number of rotatable bonds is 16. The average molecular weight is 854 g/mol. The van der Waals surface area contributed by atoms with E-state index in [9.17, 15) is 41.9 Å². The van der Waals surface area contributed by atoms with E-state index in [1.165, 1.54) is 19.2 Å². The smallest absolute Gasteiger partial charge is 0.497 e. The molecule has 0 spiro atoms. The monoisotopic (exact) mass is 852 g/mol. The molecule has 0 aliphatic rings. The van der Waals surface area contributed by atoms with Crippen molar-refractivity contribution in [2.24, 2.45) is 0 Å². The molecule has 282 valence electrons. The molecule has 12 nitrogen and oxygen atoms in total. The topological polar surface area (TPSA) is 185 Å². The zero-order valence-electron chi connectivity index (χ0n) is 26.8. The number of thiophene rings is 2. The molecule has 0 aliphatic carbocycles. The molecular formula is C32H25Cl2F3N2O10S4. The van der Waals surface area contributed by atoms with Crippen LogP contribution >= 0.6 is 69.4 Å². The maximum atomic E-state index is 12.6. The van der Waals surface area contributed by atoms with E-state index in [4.69, 9.17) is 38.2 Å². The number of hydrogen-bond acceptors (Lipinski definition) is 12. The van der Waals surface area contributed by atoms with E-state index in [1.807, 2.05) is 0 Å². The molecule has 0 fully saturated rings. The normalized spacial score (nSPS) is 10.8. The molecule has 0 aliphatic heterocycles. The summed E-state index contributed by atoms with van der Waals surface area (Å²) in [5.74, 6) is -4.25. The first-order valence-corrected chi connectivity index (χ1v) is 19.0. The fourth-order valence-electron chi connectivity index (χ4n) is 3.89. The van der Waals surface area contributed by atoms with Gasteiger partial charge in [0.15, 0.2) is 11.6 Å². The van der Waals surface area contributed by atoms with Crippen molar-refractivity contribution in [3.8, 4) is 11.5 Å². The Bertz CT molecular complexity index is 1950. The number of benzene rings is 2. The first-order valence-electron chi connectivity index (χ1n) is 14.3. The number of amides is 2. The van der Waals surface area contributed by atoms with E-state index in [0.29, 0.717) is 20.7 Å². The summed E-state index contributed by atoms with van der Waals surface area (Å²) >= 11 is 15.8. The summed E-state index contributed by atoms with van der Waals surface area (Å²) in [6.07, 6.45) is -4.84. The number of hydrogen-bond donors (Lipinski definition) is 4. The number of thioether (sulfide) groups is 2. The maximum Gasteiger partial charge on any atom is 0.573 e. The van der Waals surface area contributed by atoms with Gasteiger partial charge in [-0.15, -0.1) is 59.4 Å². The Balaban J connectivity index is 0.000000287. The number of carboxylic acid groups (broad SMARTS) is 2. The molecular weight excluding hydrogens is 829 g/mol. The van der Waals surface area contributed by atoms with Gasteiger partial charge in [-0.1, -0.05) is 23.2 Å². The molecule has 21 heteroatoms. The Morgan fingerprint density at radius 3 is 1.40 bits per heavy atom. The number of nitrogens with one attached hydrogen (secondary N) is 2. The van der Waals surface area contributed by atoms with E-state index >= 15 is 0 Å². The Morgan fingerprint density at radius 1 is 0.679 bits per heavy atom. The Hall–Kier alpha value is -4.27. The van der Waals surface area contributed by atoms with Crippen molar-refractivity contribution in [1.82, 2.24) is 0 Å². The van der Waals surface area contributed by atoms with Crippen LogP contribution in [0.4, 0.5) is 23.2 Å². The van der Waals surface area contributed by atoms with Gasteiger partial charge in [-0.3, -0.25) is 28.8 Å². The summed E-state index contributed by atoms with van der Waals surface area (Å²) in [4.78, 5) is 70.0. The van der Waals surface area contributed by atoms with Gasteiger partial charge in [0.2, 0.25) is 11.8 Å². The molecule has 2 aromatic carbocycles. The number of carbonyl (C=O) groups excluding carboxylic acids is 4. The summed E-state index contributed by atoms with van der Waals surface area (Å²) in [6, 6.07) is 13.7. The van der Waals surface area contributed by atoms with Crippen molar-refractivity contribution in [2.45, 2.75) is 6.36 Å². The lowest BCUT2D eigenvalue weighted by Gasteiger charge is -2.09. The highest BCUT2D eigenvalue weighted by Gasteiger charge is 2.31. The zero-order valence-corrected chi connectivity index (χ0v) is 31.6. The average Bonchev–Trinajstić information content (AvgIpc) is 3.64. The molecule has 53 heavy (non-hydrogen) atoms. The van der Waals surface area contributed by atoms with Crippen LogP contribution in [0.15, 0.2) is 60.7 Å². The van der Waals surface area contributed by atoms with E-state index in [0.717, 1.165) is 70.5 Å². The van der Waals surface area contributed by atoms with E-state index in [1.54, 1.807) is 24.3 Å². The van der Waals surface area contributed by atoms with Crippen LogP contribution in [-0.2, 0) is 19.2 Å². The van der Waals surface area contributed by atoms with Crippen LogP contribution in [0.2, 0.25) is 8.67 Å². The van der Waals surface area contributed by atoms with Gasteiger partial charge in [0.1, 0.15) is 21.5 Å². The minimum absolute atomic E-state index is 0.0298. The molecule has 4 N–H and O–H groups in total. The summed E-state index contributed by atoms with van der Waals surface area (Å²) in [5.41, 5.74) is 0.860. The van der Waals surface area contributed by atoms with Gasteiger partial charge < -0.3 is 30.3 Å². The van der Waals surface area contributed by atoms with Gasteiger partial charge in [0, 0.05) is 11.1 Å². The minimum atomic E-state index is -4.84. The lowest BCUT2D eigenvalue weighted by atomic mass is 10.1. The fraction of sp³-hybridized carbons (Fsp3) is 0.188. The van der Waals surface area contributed by atoms with Crippen molar-refractivity contribution >= 4 is 115 Å². The number of aliphatic carboxylic acids is 2. The Morgan fingerprint density at radius 2 is 1.06 bits per heavy atom. The third kappa shape index (κ3) is 14.6. The second-order valence-electron chi connectivity index (χ2n) is 9.91. The third-order valence-electron chi connectivity index (χ3n) is 6.02. The van der Waals surface area contributed by atoms with Crippen molar-refractivity contribution < 1.29 is 61.6 Å². The number of ether oxygens (including phenoxy) is 2. The number of methoxy groups -OCH3 is 1. The van der Waals surface area contributed by atoms with Gasteiger partial charge in [-0.25, -0.2) is 0 Å². The van der Waals surface area contributed by atoms with Gasteiger partial charge in [-0.05, 0) is 60.7 Å². The largest absolute Gasteiger partial charge is 0.573 e. The fourth-order valence-corrected chi connectivity index (χ4v) is 7.24. The Labute approximate surface area is 325 Å². The third-order valence-corrected chi connectivity index (χ3v) is 10.2. The van der Waals surface area contributed by atoms with E-state index in [-0.39, 0.29) is 54.8 Å². The second kappa shape index (κ2) is 20.3. The summed E-state index contributed by atoms with van der Waals surface area (Å²) in [7, 11) is 1.53. The molecule has 0 saturated heterocycles. The number of carboxylic acids is 2. The number of alkyl halides is 3. The summed E-state index contributed by atoms with van der Waals surface area (Å²) in [6.45, 7) is 0. The van der Waals surface area contributed by atoms with Crippen LogP contribution in [0.1, 0.15) is 31.8 Å². The Kier molecular flexibility index (Phi) is 16.5. The van der Waals surface area contributed by atoms with Crippen molar-refractivity contribution in [3.63, 3.8) is 0 Å². The first kappa shape index (κ1) is 43.1. The van der Waals surface area contributed by atoms with Crippen molar-refractivity contribution in [1.29, 1.82) is 0 Å². The minimum Gasteiger partial charge on any atom is -0.497 e. The number of carbonyl (C=O) groups is 6. The van der Waals surface area contributed by atoms with Crippen molar-refractivity contribution in [3.05, 3.63) is 91.6 Å². The van der Waals surface area contributed by atoms with Crippen molar-refractivity contribution in [2.75, 3.05) is 40.8 Å². The van der Waals surface area contributed by atoms with E-state index in [2.05, 4.69) is 15.4 Å². The van der Waals surface area contributed by atoms with E-state index < -0.39 is 41.6 Å². The lowest BCUT2D eigenvalue weighted by Crippen LogP contribution is -2.17. The molecule has 2 heterocycles. The molecule has 4 rings (SSSR count). The van der Waals surface area contributed by atoms with Gasteiger partial charge in [0.25, 0.3) is 0 Å². The molecule has 4 aromatic rings. The van der Waals surface area contributed by atoms with Gasteiger partial charge in [0.05, 0.1) is 49.9 Å². The molecule has 0 atom stereocenters. The zero-order chi connectivity index (χ0) is 39.3. The molecule has 0 unspecified atom stereocenters. The number of halogens is 5. The first-order chi connectivity index (χ1) is 24.9. The SMILES string of the molecule is COc1ccc(C(=O)c2cc(Cl)sc2NC(=O)CSCC(=O)O)cc1.O=C(O)CSCC(=O)Nc1sc(Cl)cc1C(=O)c1ccc(OC(F)(F)F)cc1. The highest BCUT2D eigenvalue weighted by Crippen LogP contribution is 2.35. The van der Waals surface area contributed by atoms with Crippen LogP contribution in [0.25, 0.3) is 0 Å².